The van der Waals surface area contributed by atoms with Crippen molar-refractivity contribution in [2.75, 3.05) is 16.9 Å². The van der Waals surface area contributed by atoms with Crippen LogP contribution in [0.1, 0.15) is 35.5 Å². The Labute approximate surface area is 185 Å². The molecule has 1 amide bonds. The lowest BCUT2D eigenvalue weighted by Gasteiger charge is -2.33. The number of carbonyl (C=O) groups is 2. The minimum absolute atomic E-state index is 0.161. The first-order valence-electron chi connectivity index (χ1n) is 9.01. The van der Waals surface area contributed by atoms with E-state index in [9.17, 15) is 27.2 Å². The van der Waals surface area contributed by atoms with Crippen molar-refractivity contribution in [2.24, 2.45) is 0 Å². The summed E-state index contributed by atoms with van der Waals surface area (Å²) in [4.78, 5) is 30.7. The maximum absolute atomic E-state index is 14.5. The number of benzene rings is 1. The number of thiol groups is 1. The van der Waals surface area contributed by atoms with Crippen LogP contribution in [0.3, 0.4) is 0 Å². The first-order chi connectivity index (χ1) is 14.8. The molecule has 0 saturated carbocycles. The van der Waals surface area contributed by atoms with Crippen molar-refractivity contribution in [1.82, 2.24) is 4.98 Å². The molecule has 1 atom stereocenters. The molecule has 0 aliphatic carbocycles. The average Bonchev–Trinajstić information content (AvgIpc) is 2.90. The van der Waals surface area contributed by atoms with E-state index < -0.39 is 46.2 Å². The molecule has 2 aromatic rings. The molecule has 0 radical (unpaired) electrons. The summed E-state index contributed by atoms with van der Waals surface area (Å²) in [6.07, 6.45) is -3.90. The van der Waals surface area contributed by atoms with Gasteiger partial charge in [0.15, 0.2) is 11.2 Å². The quantitative estimate of drug-likeness (QED) is 0.420. The number of halogens is 4. The van der Waals surface area contributed by atoms with Crippen LogP contribution in [0.2, 0.25) is 0 Å². The number of anilines is 2. The summed E-state index contributed by atoms with van der Waals surface area (Å²) in [6, 6.07) is 5.57. The summed E-state index contributed by atoms with van der Waals surface area (Å²) in [5.41, 5.74) is -5.01. The van der Waals surface area contributed by atoms with Gasteiger partial charge in [0.2, 0.25) is 0 Å². The first-order valence-corrected chi connectivity index (χ1v) is 9.52. The van der Waals surface area contributed by atoms with Gasteiger partial charge in [0.1, 0.15) is 17.4 Å². The molecule has 2 heterocycles. The van der Waals surface area contributed by atoms with Gasteiger partial charge in [0.05, 0.1) is 30.1 Å². The topological polar surface area (TPSA) is 86.5 Å². The van der Waals surface area contributed by atoms with E-state index in [1.807, 2.05) is 0 Å². The smallest absolute Gasteiger partial charge is 0.419 e. The van der Waals surface area contributed by atoms with E-state index in [4.69, 9.17) is 5.26 Å². The van der Waals surface area contributed by atoms with Crippen LogP contribution < -0.4 is 9.80 Å². The Morgan fingerprint density at radius 2 is 1.94 bits per heavy atom. The summed E-state index contributed by atoms with van der Waals surface area (Å²) < 4.78 is 59.1. The molecular formula is C20H16F4N4O3S. The molecule has 0 spiro atoms. The molecule has 0 N–H and O–H groups in total. The second kappa shape index (κ2) is 7.98. The predicted octanol–water partition coefficient (Wildman–Crippen LogP) is 3.74. The van der Waals surface area contributed by atoms with E-state index in [-0.39, 0.29) is 16.9 Å². The second-order valence-electron chi connectivity index (χ2n) is 7.31. The molecular weight excluding hydrogens is 452 g/mol. The number of methoxy groups -OCH3 is 1. The zero-order valence-electron chi connectivity index (χ0n) is 16.9. The number of carbonyl (C=O) groups excluding carboxylic acids is 2. The van der Waals surface area contributed by atoms with Crippen LogP contribution in [0.25, 0.3) is 0 Å². The van der Waals surface area contributed by atoms with Crippen LogP contribution in [0.4, 0.5) is 28.9 Å². The normalized spacial score (nSPS) is 18.0. The highest BCUT2D eigenvalue weighted by Crippen LogP contribution is 2.42. The van der Waals surface area contributed by atoms with Crippen molar-refractivity contribution in [3.63, 3.8) is 0 Å². The van der Waals surface area contributed by atoms with Crippen LogP contribution >= 0.6 is 12.6 Å². The zero-order valence-corrected chi connectivity index (χ0v) is 17.8. The number of esters is 1. The maximum Gasteiger partial charge on any atom is 0.419 e. The van der Waals surface area contributed by atoms with E-state index in [0.29, 0.717) is 6.07 Å². The molecule has 168 valence electrons. The lowest BCUT2D eigenvalue weighted by Crippen LogP contribution is -2.45. The van der Waals surface area contributed by atoms with Gasteiger partial charge >= 0.3 is 12.1 Å². The zero-order chi connectivity index (χ0) is 24.0. The largest absolute Gasteiger partial charge is 0.465 e. The molecule has 3 rings (SSSR count). The fourth-order valence-corrected chi connectivity index (χ4v) is 4.09. The van der Waals surface area contributed by atoms with Gasteiger partial charge < -0.3 is 9.64 Å². The van der Waals surface area contributed by atoms with Crippen molar-refractivity contribution in [3.8, 4) is 6.07 Å². The standard InChI is InChI=1S/C20H16F4N4O3S/c1-19(2)17(30)27(11-6-13(20(22,23)24)15(8-25)26-9-11)18(32)28(19)10-4-5-12(14(21)7-10)16(29)31-3/h4-7,9,18,32H,1-3H3. The SMILES string of the molecule is COC(=O)c1ccc(N2C(S)N(c3cnc(C#N)c(C(F)(F)F)c3)C(=O)C2(C)C)cc1F. The molecule has 1 aliphatic heterocycles. The molecule has 1 aliphatic rings. The second-order valence-corrected chi connectivity index (χ2v) is 7.77. The Hall–Kier alpha value is -3.33. The molecule has 1 saturated heterocycles. The summed E-state index contributed by atoms with van der Waals surface area (Å²) in [7, 11) is 1.10. The Morgan fingerprint density at radius 1 is 1.28 bits per heavy atom. The van der Waals surface area contributed by atoms with Crippen molar-refractivity contribution in [2.45, 2.75) is 31.1 Å². The third-order valence-corrected chi connectivity index (χ3v) is 5.47. The highest BCUT2D eigenvalue weighted by molar-refractivity contribution is 7.81. The number of ether oxygens (including phenoxy) is 1. The molecule has 7 nitrogen and oxygen atoms in total. The van der Waals surface area contributed by atoms with Crippen molar-refractivity contribution in [3.05, 3.63) is 53.1 Å². The van der Waals surface area contributed by atoms with Gasteiger partial charge in [0, 0.05) is 5.69 Å². The van der Waals surface area contributed by atoms with Gasteiger partial charge in [-0.15, -0.1) is 12.6 Å². The number of nitrogens with zero attached hydrogens (tertiary/aromatic N) is 4. The van der Waals surface area contributed by atoms with E-state index >= 15 is 0 Å². The number of alkyl halides is 3. The maximum atomic E-state index is 14.5. The number of aromatic nitrogens is 1. The minimum atomic E-state index is -4.87. The molecule has 1 unspecified atom stereocenters. The first kappa shape index (κ1) is 23.3. The van der Waals surface area contributed by atoms with Gasteiger partial charge in [-0.3, -0.25) is 9.69 Å². The average molecular weight is 468 g/mol. The third kappa shape index (κ3) is 3.73. The molecule has 0 bridgehead atoms. The van der Waals surface area contributed by atoms with Gasteiger partial charge in [0.25, 0.3) is 5.91 Å². The molecule has 32 heavy (non-hydrogen) atoms. The molecule has 12 heteroatoms. The number of pyridine rings is 1. The van der Waals surface area contributed by atoms with Crippen LogP contribution in [0, 0.1) is 17.1 Å². The lowest BCUT2D eigenvalue weighted by atomic mass is 10.0. The monoisotopic (exact) mass is 468 g/mol. The summed E-state index contributed by atoms with van der Waals surface area (Å²) >= 11 is 4.40. The number of rotatable bonds is 3. The molecule has 1 aromatic carbocycles. The molecule has 1 fully saturated rings. The molecule has 1 aromatic heterocycles. The Morgan fingerprint density at radius 3 is 2.47 bits per heavy atom. The predicted molar refractivity (Wildman–Crippen MR) is 109 cm³/mol. The van der Waals surface area contributed by atoms with Crippen LogP contribution in [0.15, 0.2) is 30.5 Å². The number of hydrogen-bond acceptors (Lipinski definition) is 7. The minimum Gasteiger partial charge on any atom is -0.465 e. The van der Waals surface area contributed by atoms with Crippen molar-refractivity contribution < 1.29 is 31.9 Å². The van der Waals surface area contributed by atoms with Crippen LogP contribution in [-0.2, 0) is 15.7 Å². The Bertz CT molecular complexity index is 1150. The van der Waals surface area contributed by atoms with Gasteiger partial charge in [-0.05, 0) is 38.1 Å². The Kier molecular flexibility index (Phi) is 5.82. The van der Waals surface area contributed by atoms with Crippen molar-refractivity contribution in [1.29, 1.82) is 5.26 Å². The van der Waals surface area contributed by atoms with E-state index in [1.54, 1.807) is 0 Å². The number of amides is 1. The fraction of sp³-hybridized carbons (Fsp3) is 0.300. The summed E-state index contributed by atoms with van der Waals surface area (Å²) in [5, 5.41) is 8.94. The van der Waals surface area contributed by atoms with Gasteiger partial charge in [-0.2, -0.15) is 18.4 Å². The summed E-state index contributed by atoms with van der Waals surface area (Å²) in [5.74, 6) is -2.43. The van der Waals surface area contributed by atoms with Gasteiger partial charge in [-0.25, -0.2) is 14.2 Å². The van der Waals surface area contributed by atoms with Crippen LogP contribution in [0.5, 0.6) is 0 Å². The van der Waals surface area contributed by atoms with Crippen LogP contribution in [-0.4, -0.2) is 35.0 Å². The van der Waals surface area contributed by atoms with Gasteiger partial charge in [-0.1, -0.05) is 0 Å². The fourth-order valence-electron chi connectivity index (χ4n) is 3.43. The number of hydrogen-bond donors (Lipinski definition) is 1. The Balaban J connectivity index is 2.08. The highest BCUT2D eigenvalue weighted by Gasteiger charge is 2.52. The third-order valence-electron chi connectivity index (χ3n) is 5.01. The number of nitriles is 1. The van der Waals surface area contributed by atoms with E-state index in [1.165, 1.54) is 36.9 Å². The van der Waals surface area contributed by atoms with E-state index in [0.717, 1.165) is 24.3 Å². The highest BCUT2D eigenvalue weighted by atomic mass is 32.1. The van der Waals surface area contributed by atoms with E-state index in [2.05, 4.69) is 22.3 Å². The lowest BCUT2D eigenvalue weighted by molar-refractivity contribution is -0.138. The van der Waals surface area contributed by atoms with Crippen molar-refractivity contribution >= 4 is 35.9 Å². The summed E-state index contributed by atoms with van der Waals surface area (Å²) in [6.45, 7) is 2.98.